The molecule has 13 amide bonds. The largest absolute Gasteiger partial charge is 0.391 e. The number of amides is 13. The number of carbonyl (C=O) groups is 12. The van der Waals surface area contributed by atoms with Gasteiger partial charge >= 0.3 is 6.03 Å². The minimum absolute atomic E-state index is 0.0631. The second-order valence-electron chi connectivity index (χ2n) is 22.3. The molecule has 3 rings (SSSR count). The zero-order valence-corrected chi connectivity index (χ0v) is 52.0. The van der Waals surface area contributed by atoms with E-state index in [-0.39, 0.29) is 19.3 Å². The molecule has 5 N–H and O–H groups in total. The molecule has 84 heavy (non-hydrogen) atoms. The van der Waals surface area contributed by atoms with Gasteiger partial charge in [-0.25, -0.2) is 4.79 Å². The predicted octanol–water partition coefficient (Wildman–Crippen LogP) is 0.222. The first-order chi connectivity index (χ1) is 39.1. The first kappa shape index (κ1) is 70.3. The SMILES string of the molecule is CCC[C@H]1C(=O)N(C)[C@@H](C)C(=O)N(C)[C@@H](C)C(=O)N[C@@H](C)C(=O)N[C@@H](C)C(=O)N(C)C(=O)N(C)[C@@H](Cc2ccccc2)C(=O)N(C)[C@@H](C)C(=O)NC([C@@H](C)O)C(=O)N(C)[C@@H](C)C(=O)N[C@@H](Cc2ccccc2)C(=O)N(C)[C@@H](C(C)C)C(=O)N1C. The molecule has 25 heteroatoms. The topological polar surface area (TPSA) is 299 Å². The van der Waals surface area contributed by atoms with E-state index >= 15 is 0 Å². The summed E-state index contributed by atoms with van der Waals surface area (Å²) in [5.41, 5.74) is 1.24. The molecule has 0 aromatic heterocycles. The first-order valence-electron chi connectivity index (χ1n) is 28.3. The van der Waals surface area contributed by atoms with Gasteiger partial charge in [0.1, 0.15) is 66.5 Å². The number of aliphatic hydroxyl groups is 1. The van der Waals surface area contributed by atoms with E-state index in [0.717, 1.165) is 26.6 Å². The van der Waals surface area contributed by atoms with Crippen molar-refractivity contribution in [3.63, 3.8) is 0 Å². The summed E-state index contributed by atoms with van der Waals surface area (Å²) in [5, 5.41) is 21.3. The van der Waals surface area contributed by atoms with Crippen LogP contribution in [0.2, 0.25) is 0 Å². The van der Waals surface area contributed by atoms with Crippen molar-refractivity contribution < 1.29 is 62.6 Å². The van der Waals surface area contributed by atoms with E-state index in [2.05, 4.69) is 21.3 Å². The van der Waals surface area contributed by atoms with Crippen LogP contribution in [-0.2, 0) is 65.6 Å². The van der Waals surface area contributed by atoms with E-state index in [1.165, 1.54) is 112 Å². The van der Waals surface area contributed by atoms with Crippen molar-refractivity contribution in [2.45, 2.75) is 167 Å². The smallest absolute Gasteiger partial charge is 0.326 e. The third kappa shape index (κ3) is 17.3. The van der Waals surface area contributed by atoms with Gasteiger partial charge in [-0.15, -0.1) is 0 Å². The van der Waals surface area contributed by atoms with Crippen LogP contribution in [0, 0.1) is 5.92 Å². The van der Waals surface area contributed by atoms with Crippen LogP contribution in [0.1, 0.15) is 93.2 Å². The summed E-state index contributed by atoms with van der Waals surface area (Å²) in [5.74, 6) is -9.04. The fourth-order valence-corrected chi connectivity index (χ4v) is 9.63. The molecule has 1 saturated heterocycles. The number of urea groups is 1. The maximum absolute atomic E-state index is 14.9. The number of likely N-dealkylation sites (N-methyl/N-ethyl adjacent to an activating group) is 8. The highest BCUT2D eigenvalue weighted by Gasteiger charge is 2.43. The lowest BCUT2D eigenvalue weighted by atomic mass is 9.97. The molecule has 1 unspecified atom stereocenters. The number of hydrogen-bond acceptors (Lipinski definition) is 13. The Labute approximate surface area is 494 Å². The molecule has 0 aliphatic carbocycles. The van der Waals surface area contributed by atoms with E-state index in [9.17, 15) is 62.6 Å². The number of benzene rings is 2. The van der Waals surface area contributed by atoms with Crippen molar-refractivity contribution in [2.24, 2.45) is 5.92 Å². The van der Waals surface area contributed by atoms with Crippen LogP contribution < -0.4 is 21.3 Å². The van der Waals surface area contributed by atoms with E-state index in [4.69, 9.17) is 0 Å². The van der Waals surface area contributed by atoms with Gasteiger partial charge in [-0.3, -0.25) is 57.6 Å². The molecular weight excluding hydrogens is 1080 g/mol. The molecule has 1 heterocycles. The lowest BCUT2D eigenvalue weighted by Crippen LogP contribution is -2.62. The molecule has 25 nitrogen and oxygen atoms in total. The minimum atomic E-state index is -1.68. The van der Waals surface area contributed by atoms with Crippen LogP contribution in [0.25, 0.3) is 0 Å². The van der Waals surface area contributed by atoms with Gasteiger partial charge in [-0.1, -0.05) is 87.9 Å². The van der Waals surface area contributed by atoms with Gasteiger partial charge in [-0.05, 0) is 71.9 Å². The van der Waals surface area contributed by atoms with Gasteiger partial charge in [-0.2, -0.15) is 0 Å². The van der Waals surface area contributed by atoms with Crippen LogP contribution in [0.15, 0.2) is 60.7 Å². The molecule has 0 radical (unpaired) electrons. The highest BCUT2D eigenvalue weighted by molar-refractivity contribution is 6.02. The summed E-state index contributed by atoms with van der Waals surface area (Å²) < 4.78 is 0. The fourth-order valence-electron chi connectivity index (χ4n) is 9.63. The average molecular weight is 1180 g/mol. The summed E-state index contributed by atoms with van der Waals surface area (Å²) in [4.78, 5) is 179. The Hall–Kier alpha value is -7.96. The van der Waals surface area contributed by atoms with Crippen LogP contribution in [0.3, 0.4) is 0 Å². The Morgan fingerprint density at radius 3 is 1.35 bits per heavy atom. The Kier molecular flexibility index (Phi) is 26.0. The van der Waals surface area contributed by atoms with Crippen molar-refractivity contribution in [1.29, 1.82) is 0 Å². The Bertz CT molecular complexity index is 2700. The summed E-state index contributed by atoms with van der Waals surface area (Å²) in [6.07, 6.45) is -1.14. The minimum Gasteiger partial charge on any atom is -0.391 e. The van der Waals surface area contributed by atoms with E-state index in [1.54, 1.807) is 74.5 Å². The van der Waals surface area contributed by atoms with Gasteiger partial charge in [0.25, 0.3) is 5.91 Å². The number of carbonyl (C=O) groups excluding carboxylic acids is 12. The van der Waals surface area contributed by atoms with Gasteiger partial charge in [0.2, 0.25) is 59.1 Å². The molecule has 12 atom stereocenters. The summed E-state index contributed by atoms with van der Waals surface area (Å²) in [7, 11) is 10.6. The van der Waals surface area contributed by atoms with Gasteiger partial charge in [0.05, 0.1) is 6.10 Å². The average Bonchev–Trinajstić information content (AvgIpc) is 3.45. The molecule has 1 aliphatic heterocycles. The number of hydrogen-bond donors (Lipinski definition) is 5. The Balaban J connectivity index is 2.18. The molecule has 2 aromatic rings. The van der Waals surface area contributed by atoms with Crippen LogP contribution in [0.5, 0.6) is 0 Å². The second-order valence-corrected chi connectivity index (χ2v) is 22.3. The van der Waals surface area contributed by atoms with E-state index < -0.39 is 149 Å². The van der Waals surface area contributed by atoms with Crippen molar-refractivity contribution in [3.05, 3.63) is 71.8 Å². The summed E-state index contributed by atoms with van der Waals surface area (Å²) in [6, 6.07) is 1.93. The Morgan fingerprint density at radius 2 is 0.857 bits per heavy atom. The second kappa shape index (κ2) is 31.1. The number of imide groups is 1. The number of nitrogens with zero attached hydrogens (tertiary/aromatic N) is 8. The first-order valence-corrected chi connectivity index (χ1v) is 28.3. The van der Waals surface area contributed by atoms with Crippen molar-refractivity contribution >= 4 is 71.0 Å². The maximum Gasteiger partial charge on any atom is 0.326 e. The fraction of sp³-hybridized carbons (Fsp3) is 0.593. The van der Waals surface area contributed by atoms with Gasteiger partial charge in [0.15, 0.2) is 0 Å². The standard InChI is InChI=1S/C59H90N12O13/c1-19-26-44-55(80)67(14)39(9)53(78)64(11)36(6)49(74)60-34(4)48(73)61-35(5)52(77)71(18)59(84)69(16)45(32-42-29-24-21-25-30-42)56(81)65(12)38(8)51(76)63-46(40(10)72)57(82)66(13)37(7)50(75)62-43(31-41-27-22-20-23-28-41)54(79)70(17)47(33(2)3)58(83)68(44)15/h20-25,27-30,33-40,43-47,72H,19,26,31-32H2,1-18H3,(H,60,74)(H,61,73)(H,62,75)(H,63,76)/t34-,35-,36-,37-,38-,39-,40+,43-,44-,45-,46?,47-/m0/s1. The molecular formula is C59H90N12O13. The van der Waals surface area contributed by atoms with Crippen LogP contribution >= 0.6 is 0 Å². The molecule has 0 bridgehead atoms. The van der Waals surface area contributed by atoms with Crippen LogP contribution in [-0.4, -0.2) is 244 Å². The lowest BCUT2D eigenvalue weighted by Gasteiger charge is -2.39. The van der Waals surface area contributed by atoms with Crippen molar-refractivity contribution in [3.8, 4) is 0 Å². The molecule has 1 fully saturated rings. The van der Waals surface area contributed by atoms with Gasteiger partial charge < -0.3 is 60.7 Å². The highest BCUT2D eigenvalue weighted by atomic mass is 16.3. The molecule has 2 aromatic carbocycles. The zero-order chi connectivity index (χ0) is 63.9. The summed E-state index contributed by atoms with van der Waals surface area (Å²) >= 11 is 0. The Morgan fingerprint density at radius 1 is 0.429 bits per heavy atom. The van der Waals surface area contributed by atoms with E-state index in [1.807, 2.05) is 6.92 Å². The van der Waals surface area contributed by atoms with Gasteiger partial charge in [0, 0.05) is 69.2 Å². The van der Waals surface area contributed by atoms with E-state index in [0.29, 0.717) is 22.4 Å². The van der Waals surface area contributed by atoms with Crippen LogP contribution in [0.4, 0.5) is 4.79 Å². The zero-order valence-electron chi connectivity index (χ0n) is 52.0. The maximum atomic E-state index is 14.9. The number of aliphatic hydroxyl groups excluding tert-OH is 1. The third-order valence-electron chi connectivity index (χ3n) is 15.9. The lowest BCUT2D eigenvalue weighted by molar-refractivity contribution is -0.155. The summed E-state index contributed by atoms with van der Waals surface area (Å²) in [6.45, 7) is 14.7. The molecule has 0 saturated carbocycles. The number of nitrogens with one attached hydrogen (secondary N) is 4. The third-order valence-corrected chi connectivity index (χ3v) is 15.9. The monoisotopic (exact) mass is 1170 g/mol. The quantitative estimate of drug-likeness (QED) is 0.237. The highest BCUT2D eigenvalue weighted by Crippen LogP contribution is 2.21. The molecule has 1 aliphatic rings. The molecule has 0 spiro atoms. The normalized spacial score (nSPS) is 27.4. The predicted molar refractivity (Wildman–Crippen MR) is 313 cm³/mol. The van der Waals surface area contributed by atoms with Crippen molar-refractivity contribution in [2.75, 3.05) is 56.4 Å². The number of rotatable bonds is 8. The van der Waals surface area contributed by atoms with Crippen molar-refractivity contribution in [1.82, 2.24) is 60.5 Å². The molecule has 464 valence electrons.